The Balaban J connectivity index is 1.45. The molecule has 1 aromatic carbocycles. The molecule has 4 rings (SSSR count). The first-order valence-electron chi connectivity index (χ1n) is 9.73. The van der Waals surface area contributed by atoms with Gasteiger partial charge in [-0.3, -0.25) is 9.78 Å². The highest BCUT2D eigenvalue weighted by Gasteiger charge is 2.36. The lowest BCUT2D eigenvalue weighted by Gasteiger charge is -2.28. The van der Waals surface area contributed by atoms with E-state index in [9.17, 15) is 22.8 Å². The number of halogens is 3. The van der Waals surface area contributed by atoms with E-state index < -0.39 is 18.6 Å². The summed E-state index contributed by atoms with van der Waals surface area (Å²) in [5, 5.41) is 7.25. The molecule has 2 aliphatic rings. The van der Waals surface area contributed by atoms with Gasteiger partial charge in [-0.05, 0) is 34.9 Å². The van der Waals surface area contributed by atoms with Crippen molar-refractivity contribution in [2.24, 2.45) is 11.0 Å². The quantitative estimate of drug-likeness (QED) is 0.804. The minimum absolute atomic E-state index is 0.0439. The number of benzene rings is 1. The van der Waals surface area contributed by atoms with E-state index in [0.717, 1.165) is 11.1 Å². The van der Waals surface area contributed by atoms with Crippen molar-refractivity contribution in [1.29, 1.82) is 0 Å². The molecule has 2 aromatic rings. The van der Waals surface area contributed by atoms with Crippen molar-refractivity contribution < 1.29 is 22.8 Å². The number of aromatic nitrogens is 1. The third kappa shape index (κ3) is 4.68. The summed E-state index contributed by atoms with van der Waals surface area (Å²) >= 11 is 0. The molecule has 3 amide bonds. The Morgan fingerprint density at radius 1 is 1.16 bits per heavy atom. The van der Waals surface area contributed by atoms with Gasteiger partial charge < -0.3 is 10.2 Å². The summed E-state index contributed by atoms with van der Waals surface area (Å²) in [4.78, 5) is 30.2. The Bertz CT molecular complexity index is 1010. The number of carbonyl (C=O) groups excluding carboxylic acids is 2. The number of amides is 3. The number of alkyl halides is 3. The summed E-state index contributed by atoms with van der Waals surface area (Å²) in [5.41, 5.74) is 3.63. The fourth-order valence-corrected chi connectivity index (χ4v) is 3.67. The van der Waals surface area contributed by atoms with Crippen molar-refractivity contribution in [3.05, 3.63) is 59.4 Å². The van der Waals surface area contributed by atoms with Crippen LogP contribution >= 0.6 is 0 Å². The van der Waals surface area contributed by atoms with E-state index in [-0.39, 0.29) is 18.4 Å². The molecule has 31 heavy (non-hydrogen) atoms. The van der Waals surface area contributed by atoms with Crippen LogP contribution in [0.3, 0.4) is 0 Å². The van der Waals surface area contributed by atoms with Gasteiger partial charge >= 0.3 is 12.2 Å². The SMILES string of the molecule is C[C@H]1CC(=O)N(CC(F)(F)F)N=C1c1ccc(NC(=O)N2Cc3ccncc3C2)cc1. The van der Waals surface area contributed by atoms with Gasteiger partial charge in [0.05, 0.1) is 5.71 Å². The van der Waals surface area contributed by atoms with Gasteiger partial charge in [-0.2, -0.15) is 18.3 Å². The number of carbonyl (C=O) groups is 2. The summed E-state index contributed by atoms with van der Waals surface area (Å²) in [6, 6.07) is 8.31. The van der Waals surface area contributed by atoms with Crippen LogP contribution in [0.25, 0.3) is 0 Å². The maximum Gasteiger partial charge on any atom is 0.408 e. The molecule has 0 fully saturated rings. The van der Waals surface area contributed by atoms with Gasteiger partial charge in [-0.25, -0.2) is 9.80 Å². The first kappa shape index (κ1) is 20.8. The van der Waals surface area contributed by atoms with Crippen LogP contribution in [0.4, 0.5) is 23.7 Å². The van der Waals surface area contributed by atoms with E-state index in [4.69, 9.17) is 0 Å². The van der Waals surface area contributed by atoms with E-state index in [0.29, 0.717) is 35.1 Å². The highest BCUT2D eigenvalue weighted by Crippen LogP contribution is 2.26. The summed E-state index contributed by atoms with van der Waals surface area (Å²) in [7, 11) is 0. The van der Waals surface area contributed by atoms with Gasteiger partial charge in [0.1, 0.15) is 6.54 Å². The summed E-state index contributed by atoms with van der Waals surface area (Å²) in [5.74, 6) is -0.964. The number of hydrazone groups is 1. The zero-order valence-electron chi connectivity index (χ0n) is 16.7. The van der Waals surface area contributed by atoms with Crippen LogP contribution in [-0.4, -0.2) is 45.3 Å². The van der Waals surface area contributed by atoms with Crippen LogP contribution in [-0.2, 0) is 17.9 Å². The first-order valence-corrected chi connectivity index (χ1v) is 9.73. The van der Waals surface area contributed by atoms with Crippen molar-refractivity contribution >= 4 is 23.3 Å². The number of rotatable bonds is 3. The fourth-order valence-electron chi connectivity index (χ4n) is 3.67. The van der Waals surface area contributed by atoms with Crippen LogP contribution in [0.1, 0.15) is 30.0 Å². The first-order chi connectivity index (χ1) is 14.7. The second-order valence-electron chi connectivity index (χ2n) is 7.66. The Morgan fingerprint density at radius 3 is 2.55 bits per heavy atom. The topological polar surface area (TPSA) is 77.9 Å². The molecule has 0 radical (unpaired) electrons. The number of nitrogens with one attached hydrogen (secondary N) is 1. The van der Waals surface area contributed by atoms with Crippen LogP contribution in [0.5, 0.6) is 0 Å². The minimum atomic E-state index is -4.52. The lowest BCUT2D eigenvalue weighted by molar-refractivity contribution is -0.162. The molecule has 1 aromatic heterocycles. The molecule has 0 aliphatic carbocycles. The molecular weight excluding hydrogens is 411 g/mol. The lowest BCUT2D eigenvalue weighted by Crippen LogP contribution is -2.41. The Hall–Kier alpha value is -3.43. The Morgan fingerprint density at radius 2 is 1.87 bits per heavy atom. The van der Waals surface area contributed by atoms with Gasteiger partial charge in [0.15, 0.2) is 0 Å². The van der Waals surface area contributed by atoms with Crippen molar-refractivity contribution in [3.63, 3.8) is 0 Å². The molecular formula is C21H20F3N5O2. The van der Waals surface area contributed by atoms with E-state index in [1.807, 2.05) is 6.07 Å². The molecule has 7 nitrogen and oxygen atoms in total. The van der Waals surface area contributed by atoms with Crippen LogP contribution in [0.2, 0.25) is 0 Å². The molecule has 1 atom stereocenters. The fraction of sp³-hybridized carbons (Fsp3) is 0.333. The van der Waals surface area contributed by atoms with E-state index in [1.54, 1.807) is 48.5 Å². The molecule has 0 saturated heterocycles. The van der Waals surface area contributed by atoms with E-state index in [2.05, 4.69) is 15.4 Å². The zero-order chi connectivity index (χ0) is 22.2. The lowest BCUT2D eigenvalue weighted by atomic mass is 9.93. The van der Waals surface area contributed by atoms with Gasteiger partial charge in [-0.15, -0.1) is 0 Å². The number of anilines is 1. The van der Waals surface area contributed by atoms with Crippen molar-refractivity contribution in [2.45, 2.75) is 32.6 Å². The highest BCUT2D eigenvalue weighted by atomic mass is 19.4. The summed E-state index contributed by atoms with van der Waals surface area (Å²) in [6.07, 6.45) is -1.13. The van der Waals surface area contributed by atoms with Crippen molar-refractivity contribution in [3.8, 4) is 0 Å². The van der Waals surface area contributed by atoms with Gasteiger partial charge in [0.2, 0.25) is 5.91 Å². The number of pyridine rings is 1. The van der Waals surface area contributed by atoms with Gasteiger partial charge in [-0.1, -0.05) is 19.1 Å². The molecule has 0 spiro atoms. The normalized spacial score (nSPS) is 18.6. The number of nitrogens with zero attached hydrogens (tertiary/aromatic N) is 4. The predicted molar refractivity (Wildman–Crippen MR) is 107 cm³/mol. The van der Waals surface area contributed by atoms with E-state index >= 15 is 0 Å². The van der Waals surface area contributed by atoms with Crippen LogP contribution in [0.15, 0.2) is 47.8 Å². The largest absolute Gasteiger partial charge is 0.408 e. The second kappa shape index (κ2) is 8.01. The molecule has 162 valence electrons. The maximum absolute atomic E-state index is 12.7. The Labute approximate surface area is 176 Å². The monoisotopic (exact) mass is 431 g/mol. The Kier molecular flexibility index (Phi) is 5.38. The molecule has 3 heterocycles. The van der Waals surface area contributed by atoms with Gasteiger partial charge in [0.25, 0.3) is 0 Å². The highest BCUT2D eigenvalue weighted by molar-refractivity contribution is 6.06. The van der Waals surface area contributed by atoms with Gasteiger partial charge in [0, 0.05) is 43.5 Å². The molecule has 1 N–H and O–H groups in total. The average Bonchev–Trinajstić information content (AvgIpc) is 3.14. The third-order valence-corrected chi connectivity index (χ3v) is 5.24. The third-order valence-electron chi connectivity index (χ3n) is 5.24. The number of hydrogen-bond acceptors (Lipinski definition) is 4. The van der Waals surface area contributed by atoms with Crippen LogP contribution < -0.4 is 5.32 Å². The van der Waals surface area contributed by atoms with Crippen molar-refractivity contribution in [1.82, 2.24) is 14.9 Å². The molecule has 0 bridgehead atoms. The zero-order valence-corrected chi connectivity index (χ0v) is 16.7. The predicted octanol–water partition coefficient (Wildman–Crippen LogP) is 3.76. The molecule has 0 saturated carbocycles. The standard InChI is InChI=1S/C21H20F3N5O2/c1-13-8-18(30)29(12-21(22,23)24)27-19(13)14-2-4-17(5-3-14)26-20(31)28-10-15-6-7-25-9-16(15)11-28/h2-7,9,13H,8,10-12H2,1H3,(H,26,31)/t13-/m0/s1. The van der Waals surface area contributed by atoms with Crippen LogP contribution in [0, 0.1) is 5.92 Å². The molecule has 0 unspecified atom stereocenters. The second-order valence-corrected chi connectivity index (χ2v) is 7.66. The number of fused-ring (bicyclic) bond motifs is 1. The maximum atomic E-state index is 12.7. The number of hydrogen-bond donors (Lipinski definition) is 1. The smallest absolute Gasteiger partial charge is 0.316 e. The molecule has 10 heteroatoms. The molecule has 2 aliphatic heterocycles. The minimum Gasteiger partial charge on any atom is -0.316 e. The summed E-state index contributed by atoms with van der Waals surface area (Å²) < 4.78 is 38.2. The van der Waals surface area contributed by atoms with E-state index in [1.165, 1.54) is 0 Å². The number of urea groups is 1. The summed E-state index contributed by atoms with van der Waals surface area (Å²) in [6.45, 7) is 1.31. The average molecular weight is 431 g/mol. The van der Waals surface area contributed by atoms with Crippen molar-refractivity contribution in [2.75, 3.05) is 11.9 Å².